The van der Waals surface area contributed by atoms with Crippen LogP contribution in [-0.4, -0.2) is 29.4 Å². The summed E-state index contributed by atoms with van der Waals surface area (Å²) in [7, 11) is -3.26. The molecule has 1 aromatic heterocycles. The molecule has 2 rings (SSSR count). The highest BCUT2D eigenvalue weighted by atomic mass is 32.2. The molecule has 0 fully saturated rings. The van der Waals surface area contributed by atoms with Crippen molar-refractivity contribution >= 4 is 9.84 Å². The summed E-state index contributed by atoms with van der Waals surface area (Å²) in [5.74, 6) is 0. The van der Waals surface area contributed by atoms with Crippen LogP contribution >= 0.6 is 0 Å². The van der Waals surface area contributed by atoms with Gasteiger partial charge in [0.05, 0.1) is 10.6 Å². The van der Waals surface area contributed by atoms with E-state index in [4.69, 9.17) is 0 Å². The minimum atomic E-state index is -3.26. The van der Waals surface area contributed by atoms with Gasteiger partial charge in [-0.1, -0.05) is 12.1 Å². The molecule has 0 amide bonds. The lowest BCUT2D eigenvalue weighted by Gasteiger charge is -2.10. The molecule has 0 atom stereocenters. The van der Waals surface area contributed by atoms with E-state index in [1.54, 1.807) is 16.7 Å². The topological polar surface area (TPSA) is 64.8 Å². The highest BCUT2D eigenvalue weighted by Crippen LogP contribution is 2.22. The molecule has 0 aliphatic rings. The third-order valence-corrected chi connectivity index (χ3v) is 3.41. The number of rotatable bonds is 2. The highest BCUT2D eigenvalue weighted by Gasteiger charge is 2.16. The van der Waals surface area contributed by atoms with Gasteiger partial charge in [0.25, 0.3) is 0 Å². The van der Waals surface area contributed by atoms with E-state index in [-0.39, 0.29) is 4.90 Å². The van der Waals surface area contributed by atoms with Gasteiger partial charge in [-0.25, -0.2) is 8.42 Å². The summed E-state index contributed by atoms with van der Waals surface area (Å²) in [6.45, 7) is 1.85. The van der Waals surface area contributed by atoms with Crippen LogP contribution in [-0.2, 0) is 9.84 Å². The van der Waals surface area contributed by atoms with Crippen LogP contribution in [0.2, 0.25) is 0 Å². The highest BCUT2D eigenvalue weighted by molar-refractivity contribution is 7.90. The lowest BCUT2D eigenvalue weighted by molar-refractivity contribution is 0.601. The summed E-state index contributed by atoms with van der Waals surface area (Å²) in [5, 5.41) is 7.36. The molecule has 0 aliphatic heterocycles. The molecule has 0 saturated heterocycles. The third-order valence-electron chi connectivity index (χ3n) is 2.28. The van der Waals surface area contributed by atoms with E-state index < -0.39 is 9.84 Å². The van der Waals surface area contributed by atoms with Gasteiger partial charge in [0, 0.05) is 6.26 Å². The molecule has 5 nitrogen and oxygen atoms in total. The van der Waals surface area contributed by atoms with Crippen LogP contribution < -0.4 is 0 Å². The second-order valence-corrected chi connectivity index (χ2v) is 5.55. The van der Waals surface area contributed by atoms with Crippen molar-refractivity contribution in [1.29, 1.82) is 0 Å². The zero-order valence-electron chi connectivity index (χ0n) is 8.95. The smallest absolute Gasteiger partial charge is 0.177 e. The first-order valence-electron chi connectivity index (χ1n) is 4.65. The molecule has 6 heteroatoms. The summed E-state index contributed by atoms with van der Waals surface area (Å²) in [6.07, 6.45) is 4.16. The van der Waals surface area contributed by atoms with Gasteiger partial charge in [0.2, 0.25) is 0 Å². The molecule has 0 radical (unpaired) electrons. The van der Waals surface area contributed by atoms with E-state index in [0.29, 0.717) is 5.69 Å². The minimum Gasteiger partial charge on any atom is -0.287 e. The molecule has 16 heavy (non-hydrogen) atoms. The summed E-state index contributed by atoms with van der Waals surface area (Å²) >= 11 is 0. The molecule has 0 N–H and O–H groups in total. The zero-order chi connectivity index (χ0) is 11.8. The molecule has 0 bridgehead atoms. The summed E-state index contributed by atoms with van der Waals surface area (Å²) in [6, 6.07) is 5.15. The van der Waals surface area contributed by atoms with Crippen LogP contribution in [0.25, 0.3) is 5.69 Å². The standard InChI is InChI=1S/C10H11N3O2S/c1-8-4-3-5-9(16(2,14)15)10(8)13-6-11-12-7-13/h3-7H,1-2H3. The third kappa shape index (κ3) is 1.83. The Balaban J connectivity index is 2.78. The Labute approximate surface area is 93.7 Å². The van der Waals surface area contributed by atoms with Crippen molar-refractivity contribution in [2.24, 2.45) is 0 Å². The zero-order valence-corrected chi connectivity index (χ0v) is 9.77. The van der Waals surface area contributed by atoms with Crippen LogP contribution in [0.1, 0.15) is 5.56 Å². The van der Waals surface area contributed by atoms with E-state index in [2.05, 4.69) is 10.2 Å². The van der Waals surface area contributed by atoms with Crippen molar-refractivity contribution in [1.82, 2.24) is 14.8 Å². The summed E-state index contributed by atoms with van der Waals surface area (Å²) in [4.78, 5) is 0.285. The Morgan fingerprint density at radius 3 is 2.38 bits per heavy atom. The maximum absolute atomic E-state index is 11.6. The molecule has 0 saturated carbocycles. The Morgan fingerprint density at radius 2 is 1.81 bits per heavy atom. The van der Waals surface area contributed by atoms with Crippen molar-refractivity contribution in [3.8, 4) is 5.69 Å². The quantitative estimate of drug-likeness (QED) is 0.781. The number of nitrogens with zero attached hydrogens (tertiary/aromatic N) is 3. The number of para-hydroxylation sites is 1. The molecular formula is C10H11N3O2S. The van der Waals surface area contributed by atoms with Gasteiger partial charge in [-0.15, -0.1) is 10.2 Å². The summed E-state index contributed by atoms with van der Waals surface area (Å²) in [5.41, 5.74) is 1.47. The normalized spacial score (nSPS) is 11.6. The first kappa shape index (κ1) is 10.8. The second kappa shape index (κ2) is 3.71. The van der Waals surface area contributed by atoms with E-state index in [9.17, 15) is 8.42 Å². The van der Waals surface area contributed by atoms with E-state index in [1.807, 2.05) is 13.0 Å². The van der Waals surface area contributed by atoms with E-state index in [1.165, 1.54) is 18.9 Å². The van der Waals surface area contributed by atoms with E-state index >= 15 is 0 Å². The van der Waals surface area contributed by atoms with Gasteiger partial charge < -0.3 is 0 Å². The Hall–Kier alpha value is -1.69. The number of sulfone groups is 1. The van der Waals surface area contributed by atoms with Crippen molar-refractivity contribution < 1.29 is 8.42 Å². The van der Waals surface area contributed by atoms with Crippen molar-refractivity contribution in [3.05, 3.63) is 36.4 Å². The van der Waals surface area contributed by atoms with Gasteiger partial charge >= 0.3 is 0 Å². The van der Waals surface area contributed by atoms with Crippen molar-refractivity contribution in [2.75, 3.05) is 6.26 Å². The number of hydrogen-bond acceptors (Lipinski definition) is 4. The van der Waals surface area contributed by atoms with E-state index in [0.717, 1.165) is 5.56 Å². The first-order chi connectivity index (χ1) is 7.50. The first-order valence-corrected chi connectivity index (χ1v) is 6.54. The maximum Gasteiger partial charge on any atom is 0.177 e. The van der Waals surface area contributed by atoms with Crippen LogP contribution in [0.4, 0.5) is 0 Å². The largest absolute Gasteiger partial charge is 0.287 e. The van der Waals surface area contributed by atoms with Crippen LogP contribution in [0.3, 0.4) is 0 Å². The lowest BCUT2D eigenvalue weighted by Crippen LogP contribution is -2.05. The molecule has 0 spiro atoms. The monoisotopic (exact) mass is 237 g/mol. The SMILES string of the molecule is Cc1cccc(S(C)(=O)=O)c1-n1cnnc1. The summed E-state index contributed by atoms with van der Waals surface area (Å²) < 4.78 is 24.9. The lowest BCUT2D eigenvalue weighted by atomic mass is 10.2. The Morgan fingerprint density at radius 1 is 1.19 bits per heavy atom. The number of aromatic nitrogens is 3. The van der Waals surface area contributed by atoms with Crippen LogP contribution in [0.5, 0.6) is 0 Å². The fourth-order valence-corrected chi connectivity index (χ4v) is 2.52. The van der Waals surface area contributed by atoms with Crippen LogP contribution in [0.15, 0.2) is 35.7 Å². The number of hydrogen-bond donors (Lipinski definition) is 0. The molecule has 84 valence electrons. The average molecular weight is 237 g/mol. The van der Waals surface area contributed by atoms with Gasteiger partial charge in [0.15, 0.2) is 9.84 Å². The van der Waals surface area contributed by atoms with Gasteiger partial charge in [-0.3, -0.25) is 4.57 Å². The molecule has 1 heterocycles. The van der Waals surface area contributed by atoms with Gasteiger partial charge in [-0.2, -0.15) is 0 Å². The molecular weight excluding hydrogens is 226 g/mol. The number of aryl methyl sites for hydroxylation is 1. The maximum atomic E-state index is 11.6. The Kier molecular flexibility index (Phi) is 2.51. The van der Waals surface area contributed by atoms with Crippen molar-refractivity contribution in [2.45, 2.75) is 11.8 Å². The van der Waals surface area contributed by atoms with Crippen molar-refractivity contribution in [3.63, 3.8) is 0 Å². The average Bonchev–Trinajstić information content (AvgIpc) is 2.68. The fourth-order valence-electron chi connectivity index (χ4n) is 1.58. The second-order valence-electron chi connectivity index (χ2n) is 3.56. The number of benzene rings is 1. The molecule has 2 aromatic rings. The minimum absolute atomic E-state index is 0.285. The van der Waals surface area contributed by atoms with Gasteiger partial charge in [0.1, 0.15) is 12.7 Å². The fraction of sp³-hybridized carbons (Fsp3) is 0.200. The molecule has 0 aliphatic carbocycles. The predicted molar refractivity (Wildman–Crippen MR) is 59.2 cm³/mol. The van der Waals surface area contributed by atoms with Crippen LogP contribution in [0, 0.1) is 6.92 Å². The predicted octanol–water partition coefficient (Wildman–Crippen LogP) is 0.979. The molecule has 0 unspecified atom stereocenters. The van der Waals surface area contributed by atoms with Gasteiger partial charge in [-0.05, 0) is 18.6 Å². The Bertz CT molecular complexity index is 603. The molecule has 1 aromatic carbocycles.